The van der Waals surface area contributed by atoms with E-state index in [1.807, 2.05) is 0 Å². The molecule has 94 valence electrons. The third kappa shape index (κ3) is 3.76. The van der Waals surface area contributed by atoms with Crippen molar-refractivity contribution in [2.75, 3.05) is 26.2 Å². The van der Waals surface area contributed by atoms with Crippen LogP contribution in [0.15, 0.2) is 0 Å². The molecule has 0 aromatic rings. The summed E-state index contributed by atoms with van der Waals surface area (Å²) in [5, 5.41) is 15.1. The van der Waals surface area contributed by atoms with Crippen LogP contribution in [0, 0.1) is 17.3 Å². The molecular formula is C12H24N2O2. The molecule has 1 heterocycles. The zero-order valence-corrected chi connectivity index (χ0v) is 10.5. The monoisotopic (exact) mass is 228 g/mol. The van der Waals surface area contributed by atoms with Gasteiger partial charge in [-0.25, -0.2) is 0 Å². The van der Waals surface area contributed by atoms with Gasteiger partial charge >= 0.3 is 0 Å². The first-order chi connectivity index (χ1) is 7.46. The highest BCUT2D eigenvalue weighted by Gasteiger charge is 2.30. The van der Waals surface area contributed by atoms with Gasteiger partial charge in [0.15, 0.2) is 0 Å². The molecule has 1 aliphatic heterocycles. The van der Waals surface area contributed by atoms with Crippen molar-refractivity contribution in [3.63, 3.8) is 0 Å². The number of hydrogen-bond donors (Lipinski definition) is 3. The fraction of sp³-hybridized carbons (Fsp3) is 0.917. The molecule has 4 heteroatoms. The summed E-state index contributed by atoms with van der Waals surface area (Å²) < 4.78 is 0. The number of carbonyl (C=O) groups is 1. The van der Waals surface area contributed by atoms with E-state index in [0.29, 0.717) is 18.9 Å². The molecule has 1 rings (SSSR count). The van der Waals surface area contributed by atoms with Crippen LogP contribution in [-0.2, 0) is 4.79 Å². The van der Waals surface area contributed by atoms with Crippen LogP contribution in [0.25, 0.3) is 0 Å². The second-order valence-corrected chi connectivity index (χ2v) is 5.60. The Hall–Kier alpha value is -0.610. The van der Waals surface area contributed by atoms with E-state index in [-0.39, 0.29) is 23.8 Å². The number of rotatable bonds is 5. The van der Waals surface area contributed by atoms with E-state index >= 15 is 0 Å². The van der Waals surface area contributed by atoms with Gasteiger partial charge in [-0.2, -0.15) is 0 Å². The minimum Gasteiger partial charge on any atom is -0.396 e. The number of nitrogens with one attached hydrogen (secondary N) is 2. The molecular weight excluding hydrogens is 204 g/mol. The van der Waals surface area contributed by atoms with Gasteiger partial charge in [-0.1, -0.05) is 20.8 Å². The van der Waals surface area contributed by atoms with Gasteiger partial charge in [-0.3, -0.25) is 4.79 Å². The molecule has 1 aliphatic rings. The maximum atomic E-state index is 11.9. The third-order valence-electron chi connectivity index (χ3n) is 3.38. The molecule has 0 radical (unpaired) electrons. The van der Waals surface area contributed by atoms with Crippen LogP contribution in [0.1, 0.15) is 27.2 Å². The van der Waals surface area contributed by atoms with E-state index in [1.165, 1.54) is 0 Å². The Balaban J connectivity index is 2.34. The second kappa shape index (κ2) is 5.64. The van der Waals surface area contributed by atoms with Gasteiger partial charge in [0.1, 0.15) is 0 Å². The molecule has 3 N–H and O–H groups in total. The van der Waals surface area contributed by atoms with Crippen LogP contribution in [-0.4, -0.2) is 37.3 Å². The van der Waals surface area contributed by atoms with Gasteiger partial charge in [0.05, 0.1) is 5.92 Å². The normalized spacial score (nSPS) is 25.8. The zero-order valence-electron chi connectivity index (χ0n) is 10.5. The van der Waals surface area contributed by atoms with E-state index < -0.39 is 0 Å². The van der Waals surface area contributed by atoms with E-state index in [2.05, 4.69) is 31.4 Å². The summed E-state index contributed by atoms with van der Waals surface area (Å²) in [5.41, 5.74) is -0.0281. The predicted molar refractivity (Wildman–Crippen MR) is 64.0 cm³/mol. The van der Waals surface area contributed by atoms with Crippen molar-refractivity contribution in [1.82, 2.24) is 10.6 Å². The van der Waals surface area contributed by atoms with Crippen molar-refractivity contribution in [1.29, 1.82) is 0 Å². The molecule has 0 aromatic carbocycles. The van der Waals surface area contributed by atoms with Crippen LogP contribution in [0.3, 0.4) is 0 Å². The van der Waals surface area contributed by atoms with Crippen molar-refractivity contribution >= 4 is 5.91 Å². The quantitative estimate of drug-likeness (QED) is 0.637. The molecule has 2 atom stereocenters. The predicted octanol–water partition coefficient (Wildman–Crippen LogP) is 0.367. The average molecular weight is 228 g/mol. The van der Waals surface area contributed by atoms with Crippen molar-refractivity contribution < 1.29 is 9.90 Å². The Bertz CT molecular complexity index is 241. The first-order valence-corrected chi connectivity index (χ1v) is 6.05. The summed E-state index contributed by atoms with van der Waals surface area (Å²) in [5.74, 6) is 0.661. The SMILES string of the molecule is CC1CNCC1C(=O)NCC(C)(C)CCO. The maximum absolute atomic E-state index is 11.9. The van der Waals surface area contributed by atoms with Gasteiger partial charge in [0, 0.05) is 19.7 Å². The molecule has 0 spiro atoms. The number of carbonyl (C=O) groups excluding carboxylic acids is 1. The first-order valence-electron chi connectivity index (χ1n) is 6.05. The highest BCUT2D eigenvalue weighted by atomic mass is 16.3. The van der Waals surface area contributed by atoms with E-state index in [9.17, 15) is 4.79 Å². The Kier molecular flexibility index (Phi) is 4.74. The Morgan fingerprint density at radius 1 is 1.50 bits per heavy atom. The molecule has 0 saturated carbocycles. The molecule has 1 saturated heterocycles. The summed E-state index contributed by atoms with van der Waals surface area (Å²) in [6.45, 7) is 8.73. The molecule has 1 fully saturated rings. The number of hydrogen-bond acceptors (Lipinski definition) is 3. The highest BCUT2D eigenvalue weighted by Crippen LogP contribution is 2.20. The van der Waals surface area contributed by atoms with Crippen molar-refractivity contribution in [2.45, 2.75) is 27.2 Å². The van der Waals surface area contributed by atoms with Crippen LogP contribution < -0.4 is 10.6 Å². The summed E-state index contributed by atoms with van der Waals surface area (Å²) in [6.07, 6.45) is 0.714. The van der Waals surface area contributed by atoms with Crippen LogP contribution in [0.5, 0.6) is 0 Å². The second-order valence-electron chi connectivity index (χ2n) is 5.60. The first kappa shape index (κ1) is 13.5. The molecule has 0 aliphatic carbocycles. The molecule has 0 bridgehead atoms. The van der Waals surface area contributed by atoms with Gasteiger partial charge in [0.25, 0.3) is 0 Å². The zero-order chi connectivity index (χ0) is 12.2. The minimum absolute atomic E-state index is 0.0281. The standard InChI is InChI=1S/C12H24N2O2/c1-9-6-13-7-10(9)11(16)14-8-12(2,3)4-5-15/h9-10,13,15H,4-8H2,1-3H3,(H,14,16). The molecule has 0 aromatic heterocycles. The topological polar surface area (TPSA) is 61.4 Å². The van der Waals surface area contributed by atoms with Gasteiger partial charge in [-0.05, 0) is 24.3 Å². The van der Waals surface area contributed by atoms with E-state index in [1.54, 1.807) is 0 Å². The lowest BCUT2D eigenvalue weighted by Gasteiger charge is -2.25. The Morgan fingerprint density at radius 2 is 2.19 bits per heavy atom. The number of aliphatic hydroxyl groups excluding tert-OH is 1. The van der Waals surface area contributed by atoms with Crippen LogP contribution in [0.2, 0.25) is 0 Å². The van der Waals surface area contributed by atoms with Gasteiger partial charge in [0.2, 0.25) is 5.91 Å². The van der Waals surface area contributed by atoms with Crippen molar-refractivity contribution in [2.24, 2.45) is 17.3 Å². The summed E-state index contributed by atoms with van der Waals surface area (Å²) in [6, 6.07) is 0. The number of aliphatic hydroxyl groups is 1. The smallest absolute Gasteiger partial charge is 0.224 e. The highest BCUT2D eigenvalue weighted by molar-refractivity contribution is 5.79. The summed E-state index contributed by atoms with van der Waals surface area (Å²) in [7, 11) is 0. The lowest BCUT2D eigenvalue weighted by Crippen LogP contribution is -2.40. The summed E-state index contributed by atoms with van der Waals surface area (Å²) >= 11 is 0. The largest absolute Gasteiger partial charge is 0.396 e. The minimum atomic E-state index is -0.0281. The molecule has 4 nitrogen and oxygen atoms in total. The van der Waals surface area contributed by atoms with Crippen molar-refractivity contribution in [3.8, 4) is 0 Å². The molecule has 1 amide bonds. The maximum Gasteiger partial charge on any atom is 0.224 e. The molecule has 16 heavy (non-hydrogen) atoms. The van der Waals surface area contributed by atoms with Crippen molar-refractivity contribution in [3.05, 3.63) is 0 Å². The Labute approximate surface area is 97.8 Å². The lowest BCUT2D eigenvalue weighted by atomic mass is 9.89. The van der Waals surface area contributed by atoms with E-state index in [4.69, 9.17) is 5.11 Å². The summed E-state index contributed by atoms with van der Waals surface area (Å²) in [4.78, 5) is 11.9. The lowest BCUT2D eigenvalue weighted by molar-refractivity contribution is -0.125. The molecule has 2 unspecified atom stereocenters. The van der Waals surface area contributed by atoms with Crippen LogP contribution >= 0.6 is 0 Å². The number of amides is 1. The fourth-order valence-electron chi connectivity index (χ4n) is 2.01. The van der Waals surface area contributed by atoms with Gasteiger partial charge in [-0.15, -0.1) is 0 Å². The third-order valence-corrected chi connectivity index (χ3v) is 3.38. The Morgan fingerprint density at radius 3 is 2.69 bits per heavy atom. The fourth-order valence-corrected chi connectivity index (χ4v) is 2.01. The average Bonchev–Trinajstić information content (AvgIpc) is 2.61. The van der Waals surface area contributed by atoms with Gasteiger partial charge < -0.3 is 15.7 Å². The van der Waals surface area contributed by atoms with Crippen LogP contribution in [0.4, 0.5) is 0 Å². The van der Waals surface area contributed by atoms with E-state index in [0.717, 1.165) is 13.1 Å².